The number of benzene rings is 1. The average Bonchev–Trinajstić information content (AvgIpc) is 2.50. The molecule has 0 aliphatic carbocycles. The molecule has 0 aromatic heterocycles. The molecular formula is C15H19N3O3. The Labute approximate surface area is 123 Å². The quantitative estimate of drug-likeness (QED) is 0.804. The first-order chi connectivity index (χ1) is 10.1. The number of aliphatic hydroxyl groups excluding tert-OH is 1. The van der Waals surface area contributed by atoms with Crippen LogP contribution in [0.4, 0.5) is 0 Å². The number of rotatable bonds is 5. The first-order valence-corrected chi connectivity index (χ1v) is 6.93. The molecular weight excluding hydrogens is 270 g/mol. The van der Waals surface area contributed by atoms with E-state index in [0.29, 0.717) is 24.4 Å². The molecule has 112 valence electrons. The van der Waals surface area contributed by atoms with Crippen LogP contribution in [0.3, 0.4) is 0 Å². The number of amides is 1. The number of ether oxygens (including phenoxy) is 1. The molecule has 1 aliphatic rings. The fraction of sp³-hybridized carbons (Fsp3) is 0.467. The molecule has 0 bridgehead atoms. The summed E-state index contributed by atoms with van der Waals surface area (Å²) in [7, 11) is 0. The number of nitrogens with zero attached hydrogens (tertiary/aromatic N) is 2. The molecule has 1 aliphatic heterocycles. The van der Waals surface area contributed by atoms with Gasteiger partial charge in [-0.25, -0.2) is 0 Å². The van der Waals surface area contributed by atoms with E-state index < -0.39 is 6.10 Å². The van der Waals surface area contributed by atoms with Gasteiger partial charge >= 0.3 is 0 Å². The van der Waals surface area contributed by atoms with Gasteiger partial charge < -0.3 is 15.2 Å². The molecule has 2 rings (SSSR count). The van der Waals surface area contributed by atoms with Gasteiger partial charge in [-0.3, -0.25) is 9.69 Å². The molecule has 0 radical (unpaired) electrons. The lowest BCUT2D eigenvalue weighted by Crippen LogP contribution is -2.55. The Morgan fingerprint density at radius 3 is 2.90 bits per heavy atom. The van der Waals surface area contributed by atoms with Gasteiger partial charge in [0.05, 0.1) is 17.7 Å². The van der Waals surface area contributed by atoms with Crippen LogP contribution in [0.1, 0.15) is 12.5 Å². The third kappa shape index (κ3) is 4.18. The van der Waals surface area contributed by atoms with Gasteiger partial charge in [0.25, 0.3) is 0 Å². The van der Waals surface area contributed by atoms with E-state index in [9.17, 15) is 9.90 Å². The van der Waals surface area contributed by atoms with E-state index in [0.717, 1.165) is 6.54 Å². The maximum absolute atomic E-state index is 11.5. The number of carbonyl (C=O) groups is 1. The van der Waals surface area contributed by atoms with E-state index in [-0.39, 0.29) is 18.6 Å². The van der Waals surface area contributed by atoms with Crippen LogP contribution in [0.15, 0.2) is 24.3 Å². The van der Waals surface area contributed by atoms with Gasteiger partial charge in [0.2, 0.25) is 5.91 Å². The lowest BCUT2D eigenvalue weighted by molar-refractivity contribution is -0.129. The molecule has 0 spiro atoms. The van der Waals surface area contributed by atoms with E-state index in [1.54, 1.807) is 24.3 Å². The molecule has 1 aromatic carbocycles. The maximum atomic E-state index is 11.5. The molecule has 6 nitrogen and oxygen atoms in total. The van der Waals surface area contributed by atoms with E-state index in [1.165, 1.54) is 0 Å². The lowest BCUT2D eigenvalue weighted by Gasteiger charge is -2.33. The number of piperazine rings is 1. The topological polar surface area (TPSA) is 85.6 Å². The summed E-state index contributed by atoms with van der Waals surface area (Å²) in [4.78, 5) is 13.5. The van der Waals surface area contributed by atoms with Gasteiger partial charge in [0, 0.05) is 19.6 Å². The second kappa shape index (κ2) is 7.07. The minimum Gasteiger partial charge on any atom is -0.491 e. The molecule has 1 fully saturated rings. The summed E-state index contributed by atoms with van der Waals surface area (Å²) < 4.78 is 5.48. The molecule has 6 heteroatoms. The Bertz CT molecular complexity index is 524. The van der Waals surface area contributed by atoms with Crippen molar-refractivity contribution in [2.45, 2.75) is 19.1 Å². The van der Waals surface area contributed by atoms with E-state index >= 15 is 0 Å². The first-order valence-electron chi connectivity index (χ1n) is 6.93. The van der Waals surface area contributed by atoms with Gasteiger partial charge in [0.15, 0.2) is 0 Å². The van der Waals surface area contributed by atoms with Gasteiger partial charge in [0.1, 0.15) is 18.5 Å². The van der Waals surface area contributed by atoms with E-state index in [4.69, 9.17) is 10.00 Å². The van der Waals surface area contributed by atoms with Crippen molar-refractivity contribution in [1.29, 1.82) is 5.26 Å². The highest BCUT2D eigenvalue weighted by Gasteiger charge is 2.26. The van der Waals surface area contributed by atoms with E-state index in [2.05, 4.69) is 5.32 Å². The van der Waals surface area contributed by atoms with Crippen molar-refractivity contribution in [2.24, 2.45) is 0 Å². The normalized spacial score (nSPS) is 20.4. The van der Waals surface area contributed by atoms with Gasteiger partial charge in [-0.2, -0.15) is 5.26 Å². The van der Waals surface area contributed by atoms with Crippen molar-refractivity contribution in [3.05, 3.63) is 29.8 Å². The number of nitriles is 1. The molecule has 1 heterocycles. The van der Waals surface area contributed by atoms with Gasteiger partial charge in [-0.1, -0.05) is 0 Å². The van der Waals surface area contributed by atoms with Crippen molar-refractivity contribution in [3.8, 4) is 11.8 Å². The third-order valence-electron chi connectivity index (χ3n) is 3.50. The molecule has 0 saturated carbocycles. The van der Waals surface area contributed by atoms with Crippen molar-refractivity contribution in [1.82, 2.24) is 10.2 Å². The highest BCUT2D eigenvalue weighted by Crippen LogP contribution is 2.12. The van der Waals surface area contributed by atoms with Crippen molar-refractivity contribution < 1.29 is 14.6 Å². The second-order valence-corrected chi connectivity index (χ2v) is 5.06. The fourth-order valence-electron chi connectivity index (χ4n) is 2.22. The predicted molar refractivity (Wildman–Crippen MR) is 76.7 cm³/mol. The summed E-state index contributed by atoms with van der Waals surface area (Å²) in [6.45, 7) is 3.69. The lowest BCUT2D eigenvalue weighted by atomic mass is 10.2. The maximum Gasteiger partial charge on any atom is 0.237 e. The fourth-order valence-corrected chi connectivity index (χ4v) is 2.22. The highest BCUT2D eigenvalue weighted by molar-refractivity contribution is 5.81. The first kappa shape index (κ1) is 15.3. The van der Waals surface area contributed by atoms with Gasteiger partial charge in [-0.15, -0.1) is 0 Å². The molecule has 2 unspecified atom stereocenters. The molecule has 1 saturated heterocycles. The number of hydrogen-bond acceptors (Lipinski definition) is 5. The molecule has 2 atom stereocenters. The monoisotopic (exact) mass is 289 g/mol. The minimum atomic E-state index is -0.672. The Kier molecular flexibility index (Phi) is 5.14. The summed E-state index contributed by atoms with van der Waals surface area (Å²) in [6, 6.07) is 8.52. The Morgan fingerprint density at radius 1 is 1.52 bits per heavy atom. The summed E-state index contributed by atoms with van der Waals surface area (Å²) >= 11 is 0. The van der Waals surface area contributed by atoms with Crippen LogP contribution in [-0.4, -0.2) is 54.3 Å². The molecule has 1 amide bonds. The largest absolute Gasteiger partial charge is 0.491 e. The van der Waals surface area contributed by atoms with Crippen LogP contribution in [0.5, 0.6) is 5.75 Å². The average molecular weight is 289 g/mol. The zero-order chi connectivity index (χ0) is 15.2. The zero-order valence-corrected chi connectivity index (χ0v) is 12.0. The van der Waals surface area contributed by atoms with Crippen molar-refractivity contribution in [2.75, 3.05) is 26.2 Å². The SMILES string of the molecule is CC1C(=O)NCCN1CC(O)COc1ccc(C#N)cc1. The second-order valence-electron chi connectivity index (χ2n) is 5.06. The molecule has 2 N–H and O–H groups in total. The standard InChI is InChI=1S/C15H19N3O3/c1-11-15(20)17-6-7-18(11)9-13(19)10-21-14-4-2-12(8-16)3-5-14/h2-5,11,13,19H,6-7,9-10H2,1H3,(H,17,20). The summed E-state index contributed by atoms with van der Waals surface area (Å²) in [5.74, 6) is 0.596. The van der Waals surface area contributed by atoms with Crippen LogP contribution >= 0.6 is 0 Å². The Hall–Kier alpha value is -2.10. The van der Waals surface area contributed by atoms with Crippen LogP contribution < -0.4 is 10.1 Å². The Morgan fingerprint density at radius 2 is 2.24 bits per heavy atom. The number of carbonyl (C=O) groups excluding carboxylic acids is 1. The predicted octanol–water partition coefficient (Wildman–Crippen LogP) is 0.118. The van der Waals surface area contributed by atoms with E-state index in [1.807, 2.05) is 17.9 Å². The Balaban J connectivity index is 1.80. The summed E-state index contributed by atoms with van der Waals surface area (Å²) in [5, 5.41) is 21.5. The summed E-state index contributed by atoms with van der Waals surface area (Å²) in [5.41, 5.74) is 0.566. The smallest absolute Gasteiger partial charge is 0.237 e. The van der Waals surface area contributed by atoms with Crippen molar-refractivity contribution in [3.63, 3.8) is 0 Å². The van der Waals surface area contributed by atoms with Crippen LogP contribution in [0, 0.1) is 11.3 Å². The van der Waals surface area contributed by atoms with Crippen LogP contribution in [0.25, 0.3) is 0 Å². The minimum absolute atomic E-state index is 0.0125. The summed E-state index contributed by atoms with van der Waals surface area (Å²) in [6.07, 6.45) is -0.672. The number of nitrogens with one attached hydrogen (secondary N) is 1. The molecule has 1 aromatic rings. The molecule has 21 heavy (non-hydrogen) atoms. The number of aliphatic hydroxyl groups is 1. The number of hydrogen-bond donors (Lipinski definition) is 2. The number of β-amino-alcohol motifs (C(OH)–C–C–N with tert-alkyl or cyclic N) is 1. The zero-order valence-electron chi connectivity index (χ0n) is 12.0. The van der Waals surface area contributed by atoms with Crippen LogP contribution in [-0.2, 0) is 4.79 Å². The highest BCUT2D eigenvalue weighted by atomic mass is 16.5. The third-order valence-corrected chi connectivity index (χ3v) is 3.50. The van der Waals surface area contributed by atoms with Crippen LogP contribution in [0.2, 0.25) is 0 Å². The van der Waals surface area contributed by atoms with Gasteiger partial charge in [-0.05, 0) is 31.2 Å². The van der Waals surface area contributed by atoms with Crippen molar-refractivity contribution >= 4 is 5.91 Å².